The maximum atomic E-state index is 7.28. The second-order valence-corrected chi connectivity index (χ2v) is 3.36. The lowest BCUT2D eigenvalue weighted by molar-refractivity contribution is 0.380. The van der Waals surface area contributed by atoms with Gasteiger partial charge in [0.1, 0.15) is 0 Å². The predicted octanol–water partition coefficient (Wildman–Crippen LogP) is 2.63. The second-order valence-electron chi connectivity index (χ2n) is 3.36. The maximum absolute atomic E-state index is 7.28. The van der Waals surface area contributed by atoms with Gasteiger partial charge in [-0.2, -0.15) is 0 Å². The third-order valence-corrected chi connectivity index (χ3v) is 2.28. The van der Waals surface area contributed by atoms with Gasteiger partial charge >= 0.3 is 0 Å². The van der Waals surface area contributed by atoms with E-state index >= 15 is 0 Å². The summed E-state index contributed by atoms with van der Waals surface area (Å²) in [7, 11) is 4.95. The van der Waals surface area contributed by atoms with Crippen LogP contribution in [0, 0.1) is 5.41 Å². The van der Waals surface area contributed by atoms with E-state index in [1.807, 2.05) is 0 Å². The van der Waals surface area contributed by atoms with Crippen LogP contribution in [0.2, 0.25) is 0 Å². The molecule has 4 nitrogen and oxygen atoms in total. The van der Waals surface area contributed by atoms with Crippen molar-refractivity contribution in [3.05, 3.63) is 0 Å². The van der Waals surface area contributed by atoms with Gasteiger partial charge in [0.15, 0.2) is 11.8 Å². The third-order valence-electron chi connectivity index (χ3n) is 2.28. The Balaban J connectivity index is 3.28. The molecule has 0 saturated carbocycles. The fourth-order valence-corrected chi connectivity index (χ4v) is 1.32. The Kier molecular flexibility index (Phi) is 8.82. The zero-order chi connectivity index (χ0) is 11.5. The summed E-state index contributed by atoms with van der Waals surface area (Å²) in [4.78, 5) is 4.01. The highest BCUT2D eigenvalue weighted by Gasteiger charge is 1.98. The van der Waals surface area contributed by atoms with E-state index < -0.39 is 0 Å². The number of nitrogens with one attached hydrogen (secondary N) is 1. The third kappa shape index (κ3) is 7.97. The number of aliphatic imine (C=N–C) groups is 1. The van der Waals surface area contributed by atoms with Crippen LogP contribution in [-0.2, 0) is 9.47 Å². The summed E-state index contributed by atoms with van der Waals surface area (Å²) in [6.45, 7) is 0. The average Bonchev–Trinajstić information content (AvgIpc) is 2.28. The fourth-order valence-electron chi connectivity index (χ4n) is 1.32. The highest BCUT2D eigenvalue weighted by Crippen LogP contribution is 2.07. The molecular weight excluding hydrogens is 192 g/mol. The van der Waals surface area contributed by atoms with Crippen LogP contribution in [0.25, 0.3) is 0 Å². The Morgan fingerprint density at radius 3 is 2.07 bits per heavy atom. The van der Waals surface area contributed by atoms with Crippen LogP contribution in [0.5, 0.6) is 0 Å². The van der Waals surface area contributed by atoms with Crippen molar-refractivity contribution in [3.63, 3.8) is 0 Å². The Bertz CT molecular complexity index is 203. The molecule has 0 saturated heterocycles. The van der Waals surface area contributed by atoms with Gasteiger partial charge in [0.2, 0.25) is 0 Å². The molecule has 0 bridgehead atoms. The van der Waals surface area contributed by atoms with E-state index in [2.05, 4.69) is 4.99 Å². The molecule has 0 aromatic heterocycles. The van der Waals surface area contributed by atoms with Crippen LogP contribution in [-0.4, -0.2) is 33.1 Å². The van der Waals surface area contributed by atoms with Crippen LogP contribution < -0.4 is 0 Å². The molecule has 0 aliphatic rings. The van der Waals surface area contributed by atoms with Gasteiger partial charge in [0.05, 0.1) is 14.2 Å². The van der Waals surface area contributed by atoms with Gasteiger partial charge < -0.3 is 9.47 Å². The minimum Gasteiger partial charge on any atom is -0.484 e. The van der Waals surface area contributed by atoms with Crippen LogP contribution in [0.3, 0.4) is 0 Å². The van der Waals surface area contributed by atoms with Gasteiger partial charge in [-0.3, -0.25) is 10.4 Å². The van der Waals surface area contributed by atoms with Crippen molar-refractivity contribution < 1.29 is 9.47 Å². The van der Waals surface area contributed by atoms with Crippen molar-refractivity contribution in [1.29, 1.82) is 5.41 Å². The van der Waals surface area contributed by atoms with Crippen molar-refractivity contribution in [1.82, 2.24) is 0 Å². The molecule has 1 N–H and O–H groups in total. The molecule has 0 atom stereocenters. The average molecular weight is 214 g/mol. The standard InChI is InChI=1S/C11H22N2O2/c1-13-11(15-3)9-7-5-4-6-8-10(12)14-2/h12H,4-9H2,1-3H3. The predicted molar refractivity (Wildman–Crippen MR) is 62.8 cm³/mol. The number of hydrogen-bond donors (Lipinski definition) is 1. The van der Waals surface area contributed by atoms with Gasteiger partial charge in [0, 0.05) is 19.9 Å². The van der Waals surface area contributed by atoms with Gasteiger partial charge in [-0.1, -0.05) is 12.8 Å². The lowest BCUT2D eigenvalue weighted by atomic mass is 10.1. The number of ether oxygens (including phenoxy) is 2. The molecule has 0 unspecified atom stereocenters. The molecule has 0 heterocycles. The maximum Gasteiger partial charge on any atom is 0.182 e. The van der Waals surface area contributed by atoms with Gasteiger partial charge in [-0.15, -0.1) is 0 Å². The van der Waals surface area contributed by atoms with Crippen LogP contribution >= 0.6 is 0 Å². The Morgan fingerprint density at radius 1 is 1.00 bits per heavy atom. The van der Waals surface area contributed by atoms with Gasteiger partial charge in [-0.25, -0.2) is 0 Å². The van der Waals surface area contributed by atoms with E-state index in [0.717, 1.165) is 44.4 Å². The fraction of sp³-hybridized carbons (Fsp3) is 0.818. The van der Waals surface area contributed by atoms with Crippen LogP contribution in [0.1, 0.15) is 38.5 Å². The summed E-state index contributed by atoms with van der Waals surface area (Å²) >= 11 is 0. The van der Waals surface area contributed by atoms with Crippen LogP contribution in [0.4, 0.5) is 0 Å². The number of unbranched alkanes of at least 4 members (excludes halogenated alkanes) is 3. The quantitative estimate of drug-likeness (QED) is 0.402. The second kappa shape index (κ2) is 9.49. The SMILES string of the molecule is CN=C(CCCCCCC(=N)OC)OC. The molecule has 0 rings (SSSR count). The summed E-state index contributed by atoms with van der Waals surface area (Å²) in [5.74, 6) is 1.20. The van der Waals surface area contributed by atoms with Gasteiger partial charge in [-0.05, 0) is 12.8 Å². The molecule has 0 aromatic rings. The Morgan fingerprint density at radius 2 is 1.60 bits per heavy atom. The zero-order valence-electron chi connectivity index (χ0n) is 10.0. The number of rotatable bonds is 7. The van der Waals surface area contributed by atoms with Crippen molar-refractivity contribution in [2.75, 3.05) is 21.3 Å². The van der Waals surface area contributed by atoms with Crippen molar-refractivity contribution >= 4 is 11.8 Å². The lowest BCUT2D eigenvalue weighted by Gasteiger charge is -2.04. The highest BCUT2D eigenvalue weighted by molar-refractivity contribution is 5.75. The summed E-state index contributed by atoms with van der Waals surface area (Å²) < 4.78 is 9.83. The topological polar surface area (TPSA) is 54.7 Å². The van der Waals surface area contributed by atoms with E-state index in [1.54, 1.807) is 21.3 Å². The summed E-state index contributed by atoms with van der Waals surface area (Å²) in [5, 5.41) is 7.28. The molecule has 0 aliphatic carbocycles. The minimum atomic E-state index is 0.378. The van der Waals surface area contributed by atoms with E-state index in [0.29, 0.717) is 5.90 Å². The number of methoxy groups -OCH3 is 2. The molecule has 15 heavy (non-hydrogen) atoms. The van der Waals surface area contributed by atoms with Crippen molar-refractivity contribution in [2.24, 2.45) is 4.99 Å². The van der Waals surface area contributed by atoms with Crippen LogP contribution in [0.15, 0.2) is 4.99 Å². The molecule has 88 valence electrons. The monoisotopic (exact) mass is 214 g/mol. The summed E-state index contributed by atoms with van der Waals surface area (Å²) in [6, 6.07) is 0. The largest absolute Gasteiger partial charge is 0.484 e. The first kappa shape index (κ1) is 13.9. The Labute approximate surface area is 92.2 Å². The number of hydrogen-bond acceptors (Lipinski definition) is 4. The molecule has 0 aliphatic heterocycles. The summed E-state index contributed by atoms with van der Waals surface area (Å²) in [6.07, 6.45) is 6.06. The lowest BCUT2D eigenvalue weighted by Crippen LogP contribution is -2.01. The van der Waals surface area contributed by atoms with E-state index in [9.17, 15) is 0 Å². The van der Waals surface area contributed by atoms with Crippen molar-refractivity contribution in [3.8, 4) is 0 Å². The number of nitrogens with zero attached hydrogens (tertiary/aromatic N) is 1. The smallest absolute Gasteiger partial charge is 0.182 e. The van der Waals surface area contributed by atoms with E-state index in [4.69, 9.17) is 14.9 Å². The molecule has 0 aromatic carbocycles. The molecule has 0 spiro atoms. The normalized spacial score (nSPS) is 11.3. The first-order chi connectivity index (χ1) is 7.24. The molecule has 0 radical (unpaired) electrons. The molecule has 4 heteroatoms. The Hall–Kier alpha value is -1.06. The molecule has 0 amide bonds. The minimum absolute atomic E-state index is 0.378. The van der Waals surface area contributed by atoms with E-state index in [1.165, 1.54) is 0 Å². The zero-order valence-corrected chi connectivity index (χ0v) is 10.0. The summed E-state index contributed by atoms with van der Waals surface area (Å²) in [5.41, 5.74) is 0. The first-order valence-corrected chi connectivity index (χ1v) is 5.35. The molecular formula is C11H22N2O2. The van der Waals surface area contributed by atoms with Crippen molar-refractivity contribution in [2.45, 2.75) is 38.5 Å². The molecule has 0 fully saturated rings. The first-order valence-electron chi connectivity index (χ1n) is 5.35. The highest BCUT2D eigenvalue weighted by atomic mass is 16.5. The van der Waals surface area contributed by atoms with Gasteiger partial charge in [0.25, 0.3) is 0 Å². The van der Waals surface area contributed by atoms with E-state index in [-0.39, 0.29) is 0 Å².